The first-order chi connectivity index (χ1) is 12.7. The Labute approximate surface area is 168 Å². The maximum atomic E-state index is 12.2. The zero-order chi connectivity index (χ0) is 20.0. The SMILES string of the molecule is CC(C)(C)OC(=O)N1CCN(CCC(=O)Nc2cc(Br)ccn2)C(CO)C1. The molecule has 1 unspecified atom stereocenters. The largest absolute Gasteiger partial charge is 0.444 e. The first-order valence-electron chi connectivity index (χ1n) is 8.92. The molecule has 1 aliphatic heterocycles. The number of rotatable bonds is 5. The van der Waals surface area contributed by atoms with Crippen LogP contribution in [0.2, 0.25) is 0 Å². The molecule has 0 saturated carbocycles. The van der Waals surface area contributed by atoms with Crippen LogP contribution < -0.4 is 5.32 Å². The van der Waals surface area contributed by atoms with E-state index in [2.05, 4.69) is 26.2 Å². The number of carbonyl (C=O) groups excluding carboxylic acids is 2. The van der Waals surface area contributed by atoms with Crippen LogP contribution in [-0.2, 0) is 9.53 Å². The Balaban J connectivity index is 1.83. The summed E-state index contributed by atoms with van der Waals surface area (Å²) in [5.74, 6) is 0.342. The minimum absolute atomic E-state index is 0.0892. The van der Waals surface area contributed by atoms with Crippen molar-refractivity contribution in [3.8, 4) is 0 Å². The standard InChI is InChI=1S/C18H27BrN4O4/c1-18(2,3)27-17(26)23-9-8-22(14(11-23)12-24)7-5-16(25)21-15-10-13(19)4-6-20-15/h4,6,10,14,24H,5,7-9,11-12H2,1-3H3,(H,20,21,25). The molecule has 0 spiro atoms. The van der Waals surface area contributed by atoms with Gasteiger partial charge in [0.2, 0.25) is 5.91 Å². The van der Waals surface area contributed by atoms with Crippen molar-refractivity contribution in [1.29, 1.82) is 0 Å². The number of nitrogens with one attached hydrogen (secondary N) is 1. The summed E-state index contributed by atoms with van der Waals surface area (Å²) in [4.78, 5) is 32.1. The maximum Gasteiger partial charge on any atom is 0.410 e. The molecule has 2 rings (SSSR count). The predicted octanol–water partition coefficient (Wildman–Crippen LogP) is 2.09. The number of anilines is 1. The molecular formula is C18H27BrN4O4. The number of carbonyl (C=O) groups is 2. The van der Waals surface area contributed by atoms with Gasteiger partial charge in [0.1, 0.15) is 11.4 Å². The number of ether oxygens (including phenoxy) is 1. The Morgan fingerprint density at radius 2 is 2.15 bits per heavy atom. The van der Waals surface area contributed by atoms with Crippen LogP contribution in [0, 0.1) is 0 Å². The van der Waals surface area contributed by atoms with Crippen molar-refractivity contribution in [2.24, 2.45) is 0 Å². The summed E-state index contributed by atoms with van der Waals surface area (Å²) < 4.78 is 6.23. The molecule has 0 bridgehead atoms. The van der Waals surface area contributed by atoms with E-state index in [1.807, 2.05) is 25.7 Å². The third kappa shape index (κ3) is 7.08. The lowest BCUT2D eigenvalue weighted by molar-refractivity contribution is -0.117. The minimum Gasteiger partial charge on any atom is -0.444 e. The average Bonchev–Trinajstić information content (AvgIpc) is 2.58. The Morgan fingerprint density at radius 1 is 1.41 bits per heavy atom. The Bertz CT molecular complexity index is 665. The fourth-order valence-electron chi connectivity index (χ4n) is 2.78. The molecule has 2 heterocycles. The first-order valence-corrected chi connectivity index (χ1v) is 9.71. The molecule has 1 aromatic heterocycles. The number of aromatic nitrogens is 1. The quantitative estimate of drug-likeness (QED) is 0.724. The van der Waals surface area contributed by atoms with Gasteiger partial charge in [-0.3, -0.25) is 9.69 Å². The number of amides is 2. The highest BCUT2D eigenvalue weighted by Crippen LogP contribution is 2.16. The topological polar surface area (TPSA) is 95.0 Å². The predicted molar refractivity (Wildman–Crippen MR) is 105 cm³/mol. The molecule has 1 aliphatic rings. The third-order valence-corrected chi connectivity index (χ3v) is 4.58. The van der Waals surface area contributed by atoms with Gasteiger partial charge in [-0.15, -0.1) is 0 Å². The van der Waals surface area contributed by atoms with E-state index in [9.17, 15) is 14.7 Å². The summed E-state index contributed by atoms with van der Waals surface area (Å²) in [5.41, 5.74) is -0.554. The van der Waals surface area contributed by atoms with E-state index in [4.69, 9.17) is 4.74 Å². The van der Waals surface area contributed by atoms with Crippen LogP contribution in [-0.4, -0.2) is 76.3 Å². The van der Waals surface area contributed by atoms with Crippen LogP contribution in [0.15, 0.2) is 22.8 Å². The van der Waals surface area contributed by atoms with Crippen LogP contribution in [0.5, 0.6) is 0 Å². The van der Waals surface area contributed by atoms with Crippen LogP contribution in [0.25, 0.3) is 0 Å². The van der Waals surface area contributed by atoms with Crippen molar-refractivity contribution < 1.29 is 19.4 Å². The molecule has 1 atom stereocenters. The highest BCUT2D eigenvalue weighted by atomic mass is 79.9. The van der Waals surface area contributed by atoms with E-state index in [0.29, 0.717) is 32.0 Å². The van der Waals surface area contributed by atoms with Gasteiger partial charge in [-0.05, 0) is 32.9 Å². The van der Waals surface area contributed by atoms with Crippen LogP contribution >= 0.6 is 15.9 Å². The van der Waals surface area contributed by atoms with Gasteiger partial charge in [-0.25, -0.2) is 9.78 Å². The Hall–Kier alpha value is -1.71. The fourth-order valence-corrected chi connectivity index (χ4v) is 3.11. The lowest BCUT2D eigenvalue weighted by Crippen LogP contribution is -2.57. The van der Waals surface area contributed by atoms with Crippen LogP contribution in [0.4, 0.5) is 10.6 Å². The molecule has 0 aliphatic carbocycles. The van der Waals surface area contributed by atoms with Crippen LogP contribution in [0.1, 0.15) is 27.2 Å². The summed E-state index contributed by atoms with van der Waals surface area (Å²) in [6, 6.07) is 3.29. The summed E-state index contributed by atoms with van der Waals surface area (Å²) in [6.45, 7) is 7.32. The maximum absolute atomic E-state index is 12.2. The molecular weight excluding hydrogens is 416 g/mol. The molecule has 1 aromatic rings. The zero-order valence-corrected chi connectivity index (χ0v) is 17.5. The van der Waals surface area contributed by atoms with Gasteiger partial charge in [-0.1, -0.05) is 15.9 Å². The first kappa shape index (κ1) is 21.6. The average molecular weight is 443 g/mol. The molecule has 0 radical (unpaired) electrons. The van der Waals surface area contributed by atoms with E-state index in [0.717, 1.165) is 4.47 Å². The van der Waals surface area contributed by atoms with Gasteiger partial charge >= 0.3 is 6.09 Å². The number of pyridine rings is 1. The number of halogens is 1. The highest BCUT2D eigenvalue weighted by Gasteiger charge is 2.31. The number of hydrogen-bond acceptors (Lipinski definition) is 6. The molecule has 150 valence electrons. The summed E-state index contributed by atoms with van der Waals surface area (Å²) in [6.07, 6.45) is 1.51. The van der Waals surface area contributed by atoms with Gasteiger partial charge in [-0.2, -0.15) is 0 Å². The minimum atomic E-state index is -0.554. The fraction of sp³-hybridized carbons (Fsp3) is 0.611. The Morgan fingerprint density at radius 3 is 2.78 bits per heavy atom. The monoisotopic (exact) mass is 442 g/mol. The Kier molecular flexibility index (Phi) is 7.58. The molecule has 9 heteroatoms. The van der Waals surface area contributed by atoms with Crippen molar-refractivity contribution in [2.75, 3.05) is 38.1 Å². The lowest BCUT2D eigenvalue weighted by Gasteiger charge is -2.40. The van der Waals surface area contributed by atoms with Crippen molar-refractivity contribution in [2.45, 2.75) is 38.8 Å². The molecule has 27 heavy (non-hydrogen) atoms. The lowest BCUT2D eigenvalue weighted by atomic mass is 10.1. The van der Waals surface area contributed by atoms with Crippen molar-refractivity contribution in [3.63, 3.8) is 0 Å². The van der Waals surface area contributed by atoms with Gasteiger partial charge in [0.15, 0.2) is 0 Å². The summed E-state index contributed by atoms with van der Waals surface area (Å²) in [5, 5.41) is 12.4. The van der Waals surface area contributed by atoms with E-state index in [-0.39, 0.29) is 31.1 Å². The van der Waals surface area contributed by atoms with Crippen LogP contribution in [0.3, 0.4) is 0 Å². The summed E-state index contributed by atoms with van der Waals surface area (Å²) in [7, 11) is 0. The van der Waals surface area contributed by atoms with Crippen molar-refractivity contribution in [1.82, 2.24) is 14.8 Å². The summed E-state index contributed by atoms with van der Waals surface area (Å²) >= 11 is 3.34. The van der Waals surface area contributed by atoms with Gasteiger partial charge in [0.25, 0.3) is 0 Å². The van der Waals surface area contributed by atoms with Gasteiger partial charge in [0, 0.05) is 43.3 Å². The second-order valence-corrected chi connectivity index (χ2v) is 8.37. The van der Waals surface area contributed by atoms with E-state index in [1.54, 1.807) is 23.2 Å². The van der Waals surface area contributed by atoms with Crippen molar-refractivity contribution in [3.05, 3.63) is 22.8 Å². The number of hydrogen-bond donors (Lipinski definition) is 2. The third-order valence-electron chi connectivity index (χ3n) is 4.08. The number of aliphatic hydroxyl groups excluding tert-OH is 1. The smallest absolute Gasteiger partial charge is 0.410 e. The molecule has 8 nitrogen and oxygen atoms in total. The van der Waals surface area contributed by atoms with Gasteiger partial charge in [0.05, 0.1) is 12.6 Å². The number of aliphatic hydroxyl groups is 1. The zero-order valence-electron chi connectivity index (χ0n) is 15.9. The molecule has 2 amide bonds. The van der Waals surface area contributed by atoms with E-state index >= 15 is 0 Å². The molecule has 1 saturated heterocycles. The van der Waals surface area contributed by atoms with Gasteiger partial charge < -0.3 is 20.1 Å². The highest BCUT2D eigenvalue weighted by molar-refractivity contribution is 9.10. The molecule has 1 fully saturated rings. The number of nitrogens with zero attached hydrogens (tertiary/aromatic N) is 3. The number of piperazine rings is 1. The second-order valence-electron chi connectivity index (χ2n) is 7.46. The van der Waals surface area contributed by atoms with E-state index < -0.39 is 5.60 Å². The molecule has 0 aromatic carbocycles. The van der Waals surface area contributed by atoms with Crippen molar-refractivity contribution >= 4 is 33.7 Å². The normalized spacial score (nSPS) is 18.3. The molecule has 2 N–H and O–H groups in total. The second kappa shape index (κ2) is 9.48. The van der Waals surface area contributed by atoms with E-state index in [1.165, 1.54) is 0 Å².